The molecule has 0 saturated carbocycles. The van der Waals surface area contributed by atoms with E-state index in [0.29, 0.717) is 14.9 Å². The van der Waals surface area contributed by atoms with Crippen LogP contribution >= 0.6 is 39.9 Å². The number of carbonyl (C=O) groups is 2. The van der Waals surface area contributed by atoms with Crippen molar-refractivity contribution in [3.05, 3.63) is 63.0 Å². The van der Waals surface area contributed by atoms with Crippen LogP contribution in [0.2, 0.25) is 0 Å². The van der Waals surface area contributed by atoms with Gasteiger partial charge in [0, 0.05) is 10.5 Å². The zero-order valence-electron chi connectivity index (χ0n) is 12.5. The Balaban J connectivity index is 1.94. The molecule has 1 saturated heterocycles. The second-order valence-corrected chi connectivity index (χ2v) is 7.67. The van der Waals surface area contributed by atoms with E-state index in [-0.39, 0.29) is 11.5 Å². The van der Waals surface area contributed by atoms with Gasteiger partial charge in [-0.1, -0.05) is 52.0 Å². The number of hydrogen-bond acceptors (Lipinski definition) is 5. The smallest absolute Gasteiger partial charge is 0.339 e. The highest BCUT2D eigenvalue weighted by atomic mass is 79.9. The van der Waals surface area contributed by atoms with Crippen molar-refractivity contribution in [1.82, 2.24) is 0 Å². The second kappa shape index (κ2) is 6.99. The van der Waals surface area contributed by atoms with Gasteiger partial charge >= 0.3 is 5.97 Å². The lowest BCUT2D eigenvalue weighted by Crippen LogP contribution is -2.27. The molecule has 2 aromatic carbocycles. The van der Waals surface area contributed by atoms with E-state index in [9.17, 15) is 14.7 Å². The Morgan fingerprint density at radius 3 is 2.64 bits per heavy atom. The van der Waals surface area contributed by atoms with E-state index in [1.54, 1.807) is 6.08 Å². The molecule has 8 heteroatoms. The van der Waals surface area contributed by atoms with Crippen molar-refractivity contribution in [1.29, 1.82) is 0 Å². The SMILES string of the molecule is O=C(O)c1ccc(N2C(=O)C(=Cc3cccc(Br)c3)SC2=S)cc1O. The van der Waals surface area contributed by atoms with Crippen molar-refractivity contribution in [2.24, 2.45) is 0 Å². The van der Waals surface area contributed by atoms with Gasteiger partial charge < -0.3 is 10.2 Å². The maximum absolute atomic E-state index is 12.7. The quantitative estimate of drug-likeness (QED) is 0.553. The van der Waals surface area contributed by atoms with Crippen molar-refractivity contribution in [3.8, 4) is 5.75 Å². The molecule has 0 aliphatic carbocycles. The normalized spacial score (nSPS) is 15.9. The lowest BCUT2D eigenvalue weighted by Gasteiger charge is -2.15. The molecule has 2 aromatic rings. The van der Waals surface area contributed by atoms with Gasteiger partial charge in [0.15, 0.2) is 4.32 Å². The molecule has 0 unspecified atom stereocenters. The number of carboxylic acids is 1. The number of carboxylic acid groups (broad SMARTS) is 1. The molecule has 1 heterocycles. The standard InChI is InChI=1S/C17H10BrNO4S2/c18-10-3-1-2-9(6-10)7-14-15(21)19(17(24)25-14)11-4-5-12(16(22)23)13(20)8-11/h1-8,20H,(H,22,23). The number of anilines is 1. The van der Waals surface area contributed by atoms with Gasteiger partial charge in [0.2, 0.25) is 0 Å². The lowest BCUT2D eigenvalue weighted by atomic mass is 10.1. The van der Waals surface area contributed by atoms with Crippen LogP contribution in [0.15, 0.2) is 51.8 Å². The van der Waals surface area contributed by atoms with Gasteiger partial charge in [-0.25, -0.2) is 4.79 Å². The summed E-state index contributed by atoms with van der Waals surface area (Å²) >= 11 is 9.80. The number of rotatable bonds is 3. The van der Waals surface area contributed by atoms with Crippen LogP contribution in [0.3, 0.4) is 0 Å². The van der Waals surface area contributed by atoms with Crippen LogP contribution in [-0.4, -0.2) is 26.4 Å². The van der Waals surface area contributed by atoms with E-state index >= 15 is 0 Å². The van der Waals surface area contributed by atoms with Crippen LogP contribution in [0.1, 0.15) is 15.9 Å². The number of hydrogen-bond donors (Lipinski definition) is 2. The molecule has 126 valence electrons. The Bertz CT molecular complexity index is 942. The van der Waals surface area contributed by atoms with Gasteiger partial charge in [-0.05, 0) is 35.9 Å². The molecule has 1 aliphatic heterocycles. The fourth-order valence-electron chi connectivity index (χ4n) is 2.28. The number of aromatic carboxylic acids is 1. The van der Waals surface area contributed by atoms with E-state index in [1.165, 1.54) is 23.1 Å². The van der Waals surface area contributed by atoms with Gasteiger partial charge in [-0.15, -0.1) is 0 Å². The van der Waals surface area contributed by atoms with Gasteiger partial charge in [0.05, 0.1) is 10.6 Å². The minimum Gasteiger partial charge on any atom is -0.507 e. The third-order valence-corrected chi connectivity index (χ3v) is 5.21. The zero-order valence-corrected chi connectivity index (χ0v) is 15.7. The Kier molecular flexibility index (Phi) is 4.94. The molecular weight excluding hydrogens is 426 g/mol. The predicted octanol–water partition coefficient (Wildman–Crippen LogP) is 4.26. The fourth-order valence-corrected chi connectivity index (χ4v) is 3.99. The zero-order chi connectivity index (χ0) is 18.1. The van der Waals surface area contributed by atoms with E-state index in [1.807, 2.05) is 24.3 Å². The van der Waals surface area contributed by atoms with Crippen molar-refractivity contribution in [3.63, 3.8) is 0 Å². The van der Waals surface area contributed by atoms with Gasteiger partial charge in [-0.2, -0.15) is 0 Å². The average molecular weight is 436 g/mol. The Labute approximate surface area is 161 Å². The van der Waals surface area contributed by atoms with Crippen LogP contribution in [0, 0.1) is 0 Å². The van der Waals surface area contributed by atoms with Crippen molar-refractivity contribution >= 4 is 67.9 Å². The van der Waals surface area contributed by atoms with Gasteiger partial charge in [0.25, 0.3) is 5.91 Å². The summed E-state index contributed by atoms with van der Waals surface area (Å²) in [7, 11) is 0. The molecule has 0 aromatic heterocycles. The summed E-state index contributed by atoms with van der Waals surface area (Å²) in [6, 6.07) is 11.4. The molecular formula is C17H10BrNO4S2. The third-order valence-electron chi connectivity index (χ3n) is 3.41. The summed E-state index contributed by atoms with van der Waals surface area (Å²) in [5.41, 5.74) is 0.931. The van der Waals surface area contributed by atoms with Crippen molar-refractivity contribution in [2.75, 3.05) is 4.90 Å². The maximum Gasteiger partial charge on any atom is 0.339 e. The first-order valence-electron chi connectivity index (χ1n) is 6.96. The van der Waals surface area contributed by atoms with E-state index in [2.05, 4.69) is 15.9 Å². The molecule has 0 radical (unpaired) electrons. The molecule has 5 nitrogen and oxygen atoms in total. The number of thioether (sulfide) groups is 1. The first-order chi connectivity index (χ1) is 11.9. The Hall–Kier alpha value is -2.16. The summed E-state index contributed by atoms with van der Waals surface area (Å²) in [5.74, 6) is -1.99. The first-order valence-corrected chi connectivity index (χ1v) is 8.98. The van der Waals surface area contributed by atoms with Crippen molar-refractivity contribution < 1.29 is 19.8 Å². The number of phenols is 1. The van der Waals surface area contributed by atoms with E-state index in [0.717, 1.165) is 21.8 Å². The Morgan fingerprint density at radius 1 is 1.24 bits per heavy atom. The lowest BCUT2D eigenvalue weighted by molar-refractivity contribution is -0.113. The molecule has 1 aliphatic rings. The van der Waals surface area contributed by atoms with E-state index in [4.69, 9.17) is 17.3 Å². The molecule has 1 amide bonds. The highest BCUT2D eigenvalue weighted by Crippen LogP contribution is 2.37. The number of carbonyl (C=O) groups excluding carboxylic acids is 1. The summed E-state index contributed by atoms with van der Waals surface area (Å²) in [5, 5.41) is 18.8. The first kappa shape index (κ1) is 17.7. The molecule has 2 N–H and O–H groups in total. The minimum atomic E-state index is -1.25. The van der Waals surface area contributed by atoms with Crippen LogP contribution in [0.25, 0.3) is 6.08 Å². The molecule has 3 rings (SSSR count). The van der Waals surface area contributed by atoms with E-state index < -0.39 is 11.7 Å². The molecule has 1 fully saturated rings. The average Bonchev–Trinajstić information content (AvgIpc) is 2.81. The van der Waals surface area contributed by atoms with Gasteiger partial charge in [0.1, 0.15) is 11.3 Å². The summed E-state index contributed by atoms with van der Waals surface area (Å²) in [6.45, 7) is 0. The highest BCUT2D eigenvalue weighted by Gasteiger charge is 2.33. The molecule has 0 spiro atoms. The van der Waals surface area contributed by atoms with Gasteiger partial charge in [-0.3, -0.25) is 9.69 Å². The van der Waals surface area contributed by atoms with Crippen molar-refractivity contribution in [2.45, 2.75) is 0 Å². The van der Waals surface area contributed by atoms with Crippen LogP contribution in [0.5, 0.6) is 5.75 Å². The highest BCUT2D eigenvalue weighted by molar-refractivity contribution is 9.10. The van der Waals surface area contributed by atoms with Crippen LogP contribution < -0.4 is 4.90 Å². The topological polar surface area (TPSA) is 77.8 Å². The number of aromatic hydroxyl groups is 1. The summed E-state index contributed by atoms with van der Waals surface area (Å²) in [6.07, 6.45) is 1.73. The molecule has 25 heavy (non-hydrogen) atoms. The third kappa shape index (κ3) is 3.60. The largest absolute Gasteiger partial charge is 0.507 e. The Morgan fingerprint density at radius 2 is 2.00 bits per heavy atom. The number of thiocarbonyl (C=S) groups is 1. The number of nitrogens with zero attached hydrogens (tertiary/aromatic N) is 1. The second-order valence-electron chi connectivity index (χ2n) is 5.08. The number of benzene rings is 2. The van der Waals surface area contributed by atoms with Crippen LogP contribution in [0.4, 0.5) is 5.69 Å². The monoisotopic (exact) mass is 435 g/mol. The van der Waals surface area contributed by atoms with Crippen LogP contribution in [-0.2, 0) is 4.79 Å². The molecule has 0 bridgehead atoms. The maximum atomic E-state index is 12.7. The number of halogens is 1. The predicted molar refractivity (Wildman–Crippen MR) is 105 cm³/mol. The summed E-state index contributed by atoms with van der Waals surface area (Å²) in [4.78, 5) is 25.4. The summed E-state index contributed by atoms with van der Waals surface area (Å²) < 4.78 is 1.21. The number of amides is 1. The fraction of sp³-hybridized carbons (Fsp3) is 0. The molecule has 0 atom stereocenters. The minimum absolute atomic E-state index is 0.237.